The second-order valence-corrected chi connectivity index (χ2v) is 3.43. The number of aromatic nitrogens is 1. The minimum absolute atomic E-state index is 0.0440. The van der Waals surface area contributed by atoms with Crippen molar-refractivity contribution in [2.24, 2.45) is 0 Å². The Morgan fingerprint density at radius 2 is 2.00 bits per heavy atom. The Morgan fingerprint density at radius 1 is 1.40 bits per heavy atom. The lowest BCUT2D eigenvalue weighted by Crippen LogP contribution is -2.14. The van der Waals surface area contributed by atoms with Crippen LogP contribution >= 0.6 is 0 Å². The Morgan fingerprint density at radius 3 is 2.47 bits per heavy atom. The number of nitrogen functional groups attached to an aromatic ring is 1. The van der Waals surface area contributed by atoms with Crippen LogP contribution < -0.4 is 5.73 Å². The van der Waals surface area contributed by atoms with Crippen molar-refractivity contribution in [2.75, 3.05) is 5.73 Å². The molecule has 1 aromatic rings. The molecule has 2 nitrogen and oxygen atoms in total. The van der Waals surface area contributed by atoms with E-state index >= 15 is 0 Å². The fraction of sp³-hybridized carbons (Fsp3) is 0.500. The van der Waals surface area contributed by atoms with Gasteiger partial charge in [0.1, 0.15) is 5.82 Å². The quantitative estimate of drug-likeness (QED) is 0.828. The SMILES string of the molecule is CCCc1nc(N)cc(C)c1C(F)(F)F. The molecule has 0 saturated carbocycles. The number of hydrogen-bond acceptors (Lipinski definition) is 2. The summed E-state index contributed by atoms with van der Waals surface area (Å²) in [7, 11) is 0. The van der Waals surface area contributed by atoms with Crippen LogP contribution in [-0.4, -0.2) is 4.98 Å². The molecule has 2 N–H and O–H groups in total. The number of nitrogens with zero attached hydrogens (tertiary/aromatic N) is 1. The van der Waals surface area contributed by atoms with E-state index in [1.54, 1.807) is 6.92 Å². The van der Waals surface area contributed by atoms with Crippen molar-refractivity contribution in [1.29, 1.82) is 0 Å². The number of anilines is 1. The second kappa shape index (κ2) is 4.08. The van der Waals surface area contributed by atoms with Crippen molar-refractivity contribution in [3.8, 4) is 0 Å². The van der Waals surface area contributed by atoms with E-state index in [4.69, 9.17) is 5.73 Å². The number of rotatable bonds is 2. The topological polar surface area (TPSA) is 38.9 Å². The first-order valence-corrected chi connectivity index (χ1v) is 4.69. The number of alkyl halides is 3. The molecule has 0 aliphatic heterocycles. The summed E-state index contributed by atoms with van der Waals surface area (Å²) in [6.45, 7) is 3.21. The highest BCUT2D eigenvalue weighted by atomic mass is 19.4. The predicted octanol–water partition coefficient (Wildman–Crippen LogP) is 2.94. The molecule has 0 radical (unpaired) electrons. The zero-order chi connectivity index (χ0) is 11.6. The van der Waals surface area contributed by atoms with Crippen LogP contribution in [-0.2, 0) is 12.6 Å². The van der Waals surface area contributed by atoms with E-state index < -0.39 is 11.7 Å². The highest BCUT2D eigenvalue weighted by Gasteiger charge is 2.35. The summed E-state index contributed by atoms with van der Waals surface area (Å²) in [5.41, 5.74) is 4.96. The molecule has 1 aromatic heterocycles. The lowest BCUT2D eigenvalue weighted by atomic mass is 10.0. The molecule has 1 heterocycles. The van der Waals surface area contributed by atoms with Gasteiger partial charge in [-0.25, -0.2) is 4.98 Å². The fourth-order valence-corrected chi connectivity index (χ4v) is 1.57. The van der Waals surface area contributed by atoms with Crippen molar-refractivity contribution in [1.82, 2.24) is 4.98 Å². The van der Waals surface area contributed by atoms with Crippen LogP contribution in [0.15, 0.2) is 6.07 Å². The van der Waals surface area contributed by atoms with E-state index in [0.29, 0.717) is 12.8 Å². The van der Waals surface area contributed by atoms with Gasteiger partial charge in [-0.3, -0.25) is 0 Å². The summed E-state index contributed by atoms with van der Waals surface area (Å²) < 4.78 is 38.1. The van der Waals surface area contributed by atoms with E-state index in [1.165, 1.54) is 13.0 Å². The van der Waals surface area contributed by atoms with E-state index in [1.807, 2.05) is 0 Å². The third-order valence-electron chi connectivity index (χ3n) is 2.08. The van der Waals surface area contributed by atoms with Gasteiger partial charge >= 0.3 is 6.18 Å². The summed E-state index contributed by atoms with van der Waals surface area (Å²) in [6.07, 6.45) is -3.45. The second-order valence-electron chi connectivity index (χ2n) is 3.43. The van der Waals surface area contributed by atoms with E-state index in [9.17, 15) is 13.2 Å². The molecule has 0 atom stereocenters. The van der Waals surface area contributed by atoms with Gasteiger partial charge in [-0.15, -0.1) is 0 Å². The van der Waals surface area contributed by atoms with Crippen LogP contribution in [0.1, 0.15) is 30.2 Å². The number of hydrogen-bond donors (Lipinski definition) is 1. The molecule has 1 rings (SSSR count). The average Bonchev–Trinajstić information content (AvgIpc) is 1.99. The monoisotopic (exact) mass is 218 g/mol. The molecule has 0 spiro atoms. The predicted molar refractivity (Wildman–Crippen MR) is 52.4 cm³/mol. The van der Waals surface area contributed by atoms with Crippen LogP contribution in [0.2, 0.25) is 0 Å². The minimum atomic E-state index is -4.35. The molecule has 5 heteroatoms. The Hall–Kier alpha value is -1.26. The lowest BCUT2D eigenvalue weighted by molar-refractivity contribution is -0.138. The Bertz CT molecular complexity index is 358. The standard InChI is InChI=1S/C10H13F3N2/c1-3-4-7-9(10(11,12)13)6(2)5-8(14)15-7/h5H,3-4H2,1-2H3,(H2,14,15). The third kappa shape index (κ3) is 2.61. The first kappa shape index (κ1) is 11.8. The maximum atomic E-state index is 12.7. The van der Waals surface area contributed by atoms with Crippen LogP contribution in [0.5, 0.6) is 0 Å². The third-order valence-corrected chi connectivity index (χ3v) is 2.08. The number of aryl methyl sites for hydroxylation is 2. The van der Waals surface area contributed by atoms with Crippen LogP contribution in [0.25, 0.3) is 0 Å². The van der Waals surface area contributed by atoms with Gasteiger partial charge in [0.15, 0.2) is 0 Å². The Labute approximate surface area is 86.3 Å². The van der Waals surface area contributed by atoms with Crippen LogP contribution in [0, 0.1) is 6.92 Å². The molecule has 0 amide bonds. The maximum Gasteiger partial charge on any atom is 0.418 e. The van der Waals surface area contributed by atoms with Gasteiger partial charge in [0.05, 0.1) is 11.3 Å². The fourth-order valence-electron chi connectivity index (χ4n) is 1.57. The molecule has 15 heavy (non-hydrogen) atoms. The normalized spacial score (nSPS) is 11.8. The van der Waals surface area contributed by atoms with Crippen molar-refractivity contribution in [3.05, 3.63) is 22.9 Å². The van der Waals surface area contributed by atoms with Gasteiger partial charge in [-0.05, 0) is 25.0 Å². The summed E-state index contributed by atoms with van der Waals surface area (Å²) in [5, 5.41) is 0. The van der Waals surface area contributed by atoms with Crippen molar-refractivity contribution < 1.29 is 13.2 Å². The van der Waals surface area contributed by atoms with E-state index in [0.717, 1.165) is 0 Å². The van der Waals surface area contributed by atoms with Gasteiger partial charge in [0.2, 0.25) is 0 Å². The summed E-state index contributed by atoms with van der Waals surface area (Å²) >= 11 is 0. The Balaban J connectivity index is 3.33. The van der Waals surface area contributed by atoms with Gasteiger partial charge in [-0.2, -0.15) is 13.2 Å². The Kier molecular flexibility index (Phi) is 3.21. The van der Waals surface area contributed by atoms with Gasteiger partial charge in [0.25, 0.3) is 0 Å². The highest BCUT2D eigenvalue weighted by Crippen LogP contribution is 2.34. The summed E-state index contributed by atoms with van der Waals surface area (Å²) in [6, 6.07) is 1.25. The van der Waals surface area contributed by atoms with Gasteiger partial charge in [-0.1, -0.05) is 13.3 Å². The molecule has 0 saturated heterocycles. The molecule has 0 unspecified atom stereocenters. The van der Waals surface area contributed by atoms with Crippen LogP contribution in [0.4, 0.5) is 19.0 Å². The first-order chi connectivity index (χ1) is 6.86. The van der Waals surface area contributed by atoms with Crippen molar-refractivity contribution >= 4 is 5.82 Å². The largest absolute Gasteiger partial charge is 0.418 e. The van der Waals surface area contributed by atoms with Gasteiger partial charge in [0, 0.05) is 0 Å². The summed E-state index contributed by atoms with van der Waals surface area (Å²) in [4.78, 5) is 3.75. The highest BCUT2D eigenvalue weighted by molar-refractivity contribution is 5.42. The summed E-state index contributed by atoms with van der Waals surface area (Å²) in [5.74, 6) is 0.143. The molecule has 0 fully saturated rings. The van der Waals surface area contributed by atoms with Gasteiger partial charge < -0.3 is 5.73 Å². The smallest absolute Gasteiger partial charge is 0.384 e. The van der Waals surface area contributed by atoms with E-state index in [-0.39, 0.29) is 17.1 Å². The molecular weight excluding hydrogens is 205 g/mol. The average molecular weight is 218 g/mol. The van der Waals surface area contributed by atoms with Crippen LogP contribution in [0.3, 0.4) is 0 Å². The zero-order valence-corrected chi connectivity index (χ0v) is 8.65. The number of halogens is 3. The number of pyridine rings is 1. The molecule has 84 valence electrons. The zero-order valence-electron chi connectivity index (χ0n) is 8.65. The minimum Gasteiger partial charge on any atom is -0.384 e. The lowest BCUT2D eigenvalue weighted by Gasteiger charge is -2.15. The first-order valence-electron chi connectivity index (χ1n) is 4.69. The maximum absolute atomic E-state index is 12.7. The molecule has 0 aromatic carbocycles. The number of nitrogens with two attached hydrogens (primary N) is 1. The molecular formula is C10H13F3N2. The molecule has 0 bridgehead atoms. The molecule has 0 aliphatic rings. The van der Waals surface area contributed by atoms with E-state index in [2.05, 4.69) is 4.98 Å². The molecule has 0 aliphatic carbocycles. The van der Waals surface area contributed by atoms with Crippen molar-refractivity contribution in [3.63, 3.8) is 0 Å². The van der Waals surface area contributed by atoms with Crippen molar-refractivity contribution in [2.45, 2.75) is 32.9 Å².